The summed E-state index contributed by atoms with van der Waals surface area (Å²) in [7, 11) is 0. The fourth-order valence-electron chi connectivity index (χ4n) is 7.14. The fraction of sp³-hybridized carbons (Fsp3) is 0.648. The van der Waals surface area contributed by atoms with Crippen LogP contribution in [0.5, 0.6) is 0 Å². The van der Waals surface area contributed by atoms with Crippen LogP contribution in [0.2, 0.25) is 0 Å². The van der Waals surface area contributed by atoms with Crippen LogP contribution in [0.1, 0.15) is 145 Å². The lowest BCUT2D eigenvalue weighted by molar-refractivity contribution is -0.149. The zero-order chi connectivity index (χ0) is 60.3. The summed E-state index contributed by atoms with van der Waals surface area (Å²) in [5, 5.41) is 46.5. The van der Waals surface area contributed by atoms with Gasteiger partial charge in [-0.1, -0.05) is 38.0 Å². The molecule has 0 saturated heterocycles. The van der Waals surface area contributed by atoms with Crippen LogP contribution in [0, 0.1) is 18.8 Å². The highest BCUT2D eigenvalue weighted by atomic mass is 16.5. The number of rotatable bonds is 48. The number of hydrogen-bond donors (Lipinski definition) is 9. The van der Waals surface area contributed by atoms with Crippen LogP contribution in [0.25, 0.3) is 0 Å². The van der Waals surface area contributed by atoms with E-state index >= 15 is 0 Å². The first-order chi connectivity index (χ1) is 38.0. The Labute approximate surface area is 465 Å². The number of aryl methyl sites for hydroxylation is 1. The number of ketones is 4. The minimum Gasteiger partial charge on any atom is -0.481 e. The zero-order valence-electron chi connectivity index (χ0n) is 46.2. The Morgan fingerprint density at radius 2 is 1.05 bits per heavy atom. The van der Waals surface area contributed by atoms with E-state index in [-0.39, 0.29) is 121 Å². The number of carbonyl (C=O) groups excluding carboxylic acids is 9. The molecule has 1 aromatic carbocycles. The molecule has 5 amide bonds. The number of unbranched alkanes of at least 4 members (excludes halogenated alkanes) is 3. The average molecular weight is 1140 g/mol. The lowest BCUT2D eigenvalue weighted by Gasteiger charge is -2.15. The molecule has 1 rings (SSSR count). The summed E-state index contributed by atoms with van der Waals surface area (Å²) in [6.45, 7) is 6.53. The molecule has 0 aliphatic heterocycles. The van der Waals surface area contributed by atoms with Gasteiger partial charge < -0.3 is 66.4 Å². The average Bonchev–Trinajstić information content (AvgIpc) is 3.40. The number of amides is 5. The number of ether oxygens (including phenoxy) is 4. The van der Waals surface area contributed by atoms with E-state index < -0.39 is 83.0 Å². The zero-order valence-corrected chi connectivity index (χ0v) is 46.2. The van der Waals surface area contributed by atoms with Gasteiger partial charge in [-0.05, 0) is 76.8 Å². The monoisotopic (exact) mass is 1140 g/mol. The number of Topliss-reactive ketones (excluding diaryl/α,β-unsaturated/α-hetero) is 4. The molecular weight excluding hydrogens is 1050 g/mol. The van der Waals surface area contributed by atoms with Crippen molar-refractivity contribution >= 4 is 76.5 Å². The summed E-state index contributed by atoms with van der Waals surface area (Å²) in [6, 6.07) is 5.43. The van der Waals surface area contributed by atoms with E-state index in [1.807, 2.05) is 26.0 Å². The first kappa shape index (κ1) is 73.0. The van der Waals surface area contributed by atoms with E-state index in [4.69, 9.17) is 34.9 Å². The van der Waals surface area contributed by atoms with Crippen LogP contribution in [0.15, 0.2) is 24.3 Å². The molecule has 0 aromatic heterocycles. The number of carboxylic acid groups (broad SMARTS) is 4. The Balaban J connectivity index is 0.00000166. The van der Waals surface area contributed by atoms with Crippen LogP contribution < -0.4 is 27.0 Å². The highest BCUT2D eigenvalue weighted by Gasteiger charge is 2.25. The third-order valence-electron chi connectivity index (χ3n) is 11.9. The van der Waals surface area contributed by atoms with Gasteiger partial charge in [-0.3, -0.25) is 52.7 Å². The summed E-state index contributed by atoms with van der Waals surface area (Å²) in [4.78, 5) is 150. The van der Waals surface area contributed by atoms with Gasteiger partial charge in [-0.2, -0.15) is 0 Å². The molecule has 0 saturated carbocycles. The van der Waals surface area contributed by atoms with Gasteiger partial charge in [-0.25, -0.2) is 9.59 Å². The van der Waals surface area contributed by atoms with Gasteiger partial charge in [0.05, 0.1) is 44.9 Å². The molecule has 450 valence electrons. The first-order valence-corrected chi connectivity index (χ1v) is 26.8. The SMILES string of the molecule is CCC(=O)CCCOCCOCC(=O)NC(CCCCNC(=O)c1ccc(C)cc1)C(N)=O.CCC(NC(=O)CCC(CC(=O)COCCOCCNC(=O)CCC(CC(=O)CCCCCC(=O)C(=O)O)C(=O)O)C(=O)O)C(=O)O. The van der Waals surface area contributed by atoms with E-state index in [0.29, 0.717) is 83.1 Å². The minimum absolute atomic E-state index is 0.00219. The van der Waals surface area contributed by atoms with Gasteiger partial charge in [0.1, 0.15) is 36.9 Å². The highest BCUT2D eigenvalue weighted by molar-refractivity contribution is 6.32. The maximum atomic E-state index is 12.1. The smallest absolute Gasteiger partial charge is 0.372 e. The first-order valence-electron chi connectivity index (χ1n) is 26.8. The van der Waals surface area contributed by atoms with Crippen molar-refractivity contribution in [2.45, 2.75) is 148 Å². The topological polar surface area (TPSA) is 414 Å². The number of benzene rings is 1. The number of carbonyl (C=O) groups is 13. The third-order valence-corrected chi connectivity index (χ3v) is 11.9. The van der Waals surface area contributed by atoms with E-state index in [9.17, 15) is 72.5 Å². The van der Waals surface area contributed by atoms with Crippen molar-refractivity contribution in [3.63, 3.8) is 0 Å². The number of nitrogens with two attached hydrogens (primary N) is 1. The van der Waals surface area contributed by atoms with Crippen molar-refractivity contribution in [1.82, 2.24) is 21.3 Å². The molecule has 0 aliphatic rings. The molecule has 80 heavy (non-hydrogen) atoms. The summed E-state index contributed by atoms with van der Waals surface area (Å²) >= 11 is 0. The lowest BCUT2D eigenvalue weighted by atomic mass is 9.94. The predicted octanol–water partition coefficient (Wildman–Crippen LogP) is 2.26. The predicted molar refractivity (Wildman–Crippen MR) is 285 cm³/mol. The molecule has 0 bridgehead atoms. The number of primary amides is 1. The van der Waals surface area contributed by atoms with Gasteiger partial charge in [0.15, 0.2) is 5.78 Å². The van der Waals surface area contributed by atoms with Crippen molar-refractivity contribution in [3.05, 3.63) is 35.4 Å². The summed E-state index contributed by atoms with van der Waals surface area (Å²) < 4.78 is 21.0. The maximum absolute atomic E-state index is 12.1. The van der Waals surface area contributed by atoms with Crippen molar-refractivity contribution < 1.29 is 102 Å². The van der Waals surface area contributed by atoms with Crippen LogP contribution in [-0.2, 0) is 76.5 Å². The Kier molecular flexibility index (Phi) is 40.8. The van der Waals surface area contributed by atoms with Crippen LogP contribution in [0.3, 0.4) is 0 Å². The molecule has 26 nitrogen and oxygen atoms in total. The van der Waals surface area contributed by atoms with E-state index in [0.717, 1.165) is 5.56 Å². The van der Waals surface area contributed by atoms with E-state index in [2.05, 4.69) is 21.3 Å². The van der Waals surface area contributed by atoms with E-state index in [1.54, 1.807) is 19.1 Å². The minimum atomic E-state index is -1.50. The molecule has 10 N–H and O–H groups in total. The molecule has 0 spiro atoms. The molecule has 4 unspecified atom stereocenters. The Morgan fingerprint density at radius 1 is 0.500 bits per heavy atom. The quantitative estimate of drug-likeness (QED) is 0.0334. The largest absolute Gasteiger partial charge is 0.481 e. The summed E-state index contributed by atoms with van der Waals surface area (Å²) in [6.07, 6.45) is 3.41. The van der Waals surface area contributed by atoms with Gasteiger partial charge in [-0.15, -0.1) is 0 Å². The molecule has 0 radical (unpaired) electrons. The number of aliphatic carboxylic acids is 4. The molecule has 0 fully saturated rings. The van der Waals surface area contributed by atoms with Crippen molar-refractivity contribution in [2.75, 3.05) is 65.9 Å². The molecule has 0 heterocycles. The number of hydrogen-bond acceptors (Lipinski definition) is 17. The lowest BCUT2D eigenvalue weighted by Crippen LogP contribution is -2.45. The molecule has 4 atom stereocenters. The second-order valence-electron chi connectivity index (χ2n) is 18.6. The Morgan fingerprint density at radius 3 is 1.62 bits per heavy atom. The number of nitrogens with one attached hydrogen (secondary N) is 4. The second kappa shape index (κ2) is 44.8. The van der Waals surface area contributed by atoms with Gasteiger partial charge in [0.2, 0.25) is 29.4 Å². The third kappa shape index (κ3) is 38.5. The van der Waals surface area contributed by atoms with Crippen molar-refractivity contribution in [3.8, 4) is 0 Å². The van der Waals surface area contributed by atoms with Gasteiger partial charge in [0, 0.05) is 76.6 Å². The Bertz CT molecular complexity index is 2140. The van der Waals surface area contributed by atoms with Gasteiger partial charge >= 0.3 is 23.9 Å². The standard InChI is InChI=1S/C30H46N2O15.C24H37N3O6/c1-2-23(29(42)43)32-26(37)11-9-20(28(40)41)17-22(34)18-47-15-14-46-13-12-31-25(36)10-8-19(27(38)39)16-21(33)6-4-3-5-7-24(35)30(44)45;1-3-20(28)7-6-14-32-15-16-33-17-22(29)27-21(23(25)30)8-4-5-13-26-24(31)19-11-9-18(2)10-12-19/h19-20,23H,2-18H2,1H3,(H,31,36)(H,32,37)(H,38,39)(H,40,41)(H,42,43)(H,44,45);9-12,21H,3-8,13-17H2,1-2H3,(H2,25,30)(H,26,31)(H,27,29). The highest BCUT2D eigenvalue weighted by Crippen LogP contribution is 2.16. The van der Waals surface area contributed by atoms with Gasteiger partial charge in [0.25, 0.3) is 5.91 Å². The number of carboxylic acids is 4. The van der Waals surface area contributed by atoms with Crippen LogP contribution in [-0.4, -0.2) is 175 Å². The molecule has 26 heteroatoms. The summed E-state index contributed by atoms with van der Waals surface area (Å²) in [5.74, 6) is -11.1. The normalized spacial score (nSPS) is 12.2. The molecule has 1 aromatic rings. The fourth-order valence-corrected chi connectivity index (χ4v) is 7.14. The van der Waals surface area contributed by atoms with E-state index in [1.165, 1.54) is 0 Å². The Hall–Kier alpha value is -7.03. The second-order valence-corrected chi connectivity index (χ2v) is 18.6. The van der Waals surface area contributed by atoms with Crippen LogP contribution >= 0.6 is 0 Å². The molecular formula is C54H83N5O21. The van der Waals surface area contributed by atoms with Crippen molar-refractivity contribution in [1.29, 1.82) is 0 Å². The van der Waals surface area contributed by atoms with Crippen molar-refractivity contribution in [2.24, 2.45) is 17.6 Å². The molecule has 0 aliphatic carbocycles. The summed E-state index contributed by atoms with van der Waals surface area (Å²) in [5.41, 5.74) is 7.06. The van der Waals surface area contributed by atoms with Crippen LogP contribution in [0.4, 0.5) is 0 Å². The maximum Gasteiger partial charge on any atom is 0.372 e.